The first-order valence-electron chi connectivity index (χ1n) is 9.47. The van der Waals surface area contributed by atoms with Crippen molar-refractivity contribution in [3.05, 3.63) is 46.9 Å². The molecule has 0 atom stereocenters. The largest absolute Gasteiger partial charge is 0.362 e. The topological polar surface area (TPSA) is 70.1 Å². The van der Waals surface area contributed by atoms with Gasteiger partial charge in [0, 0.05) is 43.5 Å². The van der Waals surface area contributed by atoms with E-state index in [0.717, 1.165) is 24.2 Å². The molecule has 0 unspecified atom stereocenters. The Kier molecular flexibility index (Phi) is 7.89. The predicted octanol–water partition coefficient (Wildman–Crippen LogP) is 3.84. The monoisotopic (exact) mass is 443 g/mol. The number of hydrogen-bond donors (Lipinski definition) is 2. The summed E-state index contributed by atoms with van der Waals surface area (Å²) in [6.45, 7) is 1.95. The normalized spacial score (nSPS) is 18.3. The van der Waals surface area contributed by atoms with Gasteiger partial charge in [-0.05, 0) is 44.7 Å². The van der Waals surface area contributed by atoms with Gasteiger partial charge in [-0.1, -0.05) is 0 Å². The van der Waals surface area contributed by atoms with Crippen LogP contribution in [0.4, 0.5) is 24.9 Å². The fourth-order valence-electron chi connectivity index (χ4n) is 3.48. The second-order valence-electron chi connectivity index (χ2n) is 7.51. The van der Waals surface area contributed by atoms with Gasteiger partial charge in [0.05, 0.1) is 0 Å². The minimum absolute atomic E-state index is 0. The zero-order chi connectivity index (χ0) is 21.1. The highest BCUT2D eigenvalue weighted by Crippen LogP contribution is 2.23. The molecular formula is C20H25ClF3N5O. The van der Waals surface area contributed by atoms with E-state index in [4.69, 9.17) is 0 Å². The van der Waals surface area contributed by atoms with Crippen molar-refractivity contribution in [1.82, 2.24) is 15.3 Å². The number of aromatic nitrogens is 2. The number of aryl methyl sites for hydroxylation is 1. The third kappa shape index (κ3) is 5.53. The van der Waals surface area contributed by atoms with Crippen molar-refractivity contribution >= 4 is 30.1 Å². The Hall–Kier alpha value is -2.55. The Morgan fingerprint density at radius 1 is 1.07 bits per heavy atom. The van der Waals surface area contributed by atoms with Crippen molar-refractivity contribution in [3.8, 4) is 0 Å². The molecular weight excluding hydrogens is 419 g/mol. The SMILES string of the molecule is Cc1cnc(NC2CCC(NC(=O)c3cc(F)c(F)c(F)c3)CC2)nc1N(C)C.Cl. The van der Waals surface area contributed by atoms with Gasteiger partial charge >= 0.3 is 0 Å². The molecule has 10 heteroatoms. The molecule has 1 amide bonds. The van der Waals surface area contributed by atoms with Crippen LogP contribution in [-0.4, -0.2) is 42.1 Å². The first-order chi connectivity index (χ1) is 13.7. The molecule has 1 aromatic heterocycles. The van der Waals surface area contributed by atoms with Crippen LogP contribution in [0.2, 0.25) is 0 Å². The van der Waals surface area contributed by atoms with E-state index in [1.54, 1.807) is 6.20 Å². The zero-order valence-corrected chi connectivity index (χ0v) is 17.8. The van der Waals surface area contributed by atoms with E-state index in [2.05, 4.69) is 20.6 Å². The third-order valence-corrected chi connectivity index (χ3v) is 5.01. The summed E-state index contributed by atoms with van der Waals surface area (Å²) < 4.78 is 39.7. The van der Waals surface area contributed by atoms with Crippen LogP contribution in [0.1, 0.15) is 41.6 Å². The van der Waals surface area contributed by atoms with Crippen LogP contribution < -0.4 is 15.5 Å². The van der Waals surface area contributed by atoms with Gasteiger partial charge in [0.15, 0.2) is 17.5 Å². The first-order valence-corrected chi connectivity index (χ1v) is 9.47. The Balaban J connectivity index is 0.00000320. The van der Waals surface area contributed by atoms with Gasteiger partial charge in [-0.25, -0.2) is 18.2 Å². The number of benzene rings is 1. The summed E-state index contributed by atoms with van der Waals surface area (Å²) in [4.78, 5) is 23.0. The number of anilines is 2. The summed E-state index contributed by atoms with van der Waals surface area (Å²) in [6, 6.07) is 1.46. The minimum Gasteiger partial charge on any atom is -0.362 e. The highest BCUT2D eigenvalue weighted by molar-refractivity contribution is 5.94. The van der Waals surface area contributed by atoms with Crippen LogP contribution in [-0.2, 0) is 0 Å². The lowest BCUT2D eigenvalue weighted by molar-refractivity contribution is 0.0925. The molecule has 0 bridgehead atoms. The quantitative estimate of drug-likeness (QED) is 0.687. The molecule has 3 rings (SSSR count). The number of nitrogens with one attached hydrogen (secondary N) is 2. The summed E-state index contributed by atoms with van der Waals surface area (Å²) in [7, 11) is 3.84. The lowest BCUT2D eigenvalue weighted by atomic mass is 9.91. The van der Waals surface area contributed by atoms with Gasteiger partial charge in [0.1, 0.15) is 5.82 Å². The van der Waals surface area contributed by atoms with E-state index in [1.807, 2.05) is 25.9 Å². The average Bonchev–Trinajstić information content (AvgIpc) is 2.68. The number of carbonyl (C=O) groups is 1. The van der Waals surface area contributed by atoms with Crippen LogP contribution in [0.25, 0.3) is 0 Å². The van der Waals surface area contributed by atoms with Crippen molar-refractivity contribution in [2.75, 3.05) is 24.3 Å². The maximum Gasteiger partial charge on any atom is 0.251 e. The van der Waals surface area contributed by atoms with Crippen LogP contribution in [0.15, 0.2) is 18.3 Å². The molecule has 164 valence electrons. The standard InChI is InChI=1S/C20H24F3N5O.ClH/c1-11-10-24-20(27-18(11)28(2)3)26-14-6-4-13(5-7-14)25-19(29)12-8-15(21)17(23)16(22)9-12;/h8-10,13-14H,4-7H2,1-3H3,(H,25,29)(H,24,26,27);1H. The molecule has 1 fully saturated rings. The molecule has 1 saturated carbocycles. The van der Waals surface area contributed by atoms with E-state index in [0.29, 0.717) is 30.9 Å². The number of amides is 1. The van der Waals surface area contributed by atoms with Crippen molar-refractivity contribution in [3.63, 3.8) is 0 Å². The summed E-state index contributed by atoms with van der Waals surface area (Å²) in [5.74, 6) is -3.54. The van der Waals surface area contributed by atoms with Gasteiger partial charge in [0.25, 0.3) is 5.91 Å². The maximum atomic E-state index is 13.3. The molecule has 1 aromatic carbocycles. The van der Waals surface area contributed by atoms with E-state index in [-0.39, 0.29) is 30.1 Å². The number of carbonyl (C=O) groups excluding carboxylic acids is 1. The van der Waals surface area contributed by atoms with Gasteiger partial charge < -0.3 is 15.5 Å². The number of halogens is 4. The molecule has 2 N–H and O–H groups in total. The lowest BCUT2D eigenvalue weighted by Gasteiger charge is -2.30. The molecule has 0 radical (unpaired) electrons. The fourth-order valence-corrected chi connectivity index (χ4v) is 3.48. The third-order valence-electron chi connectivity index (χ3n) is 5.01. The van der Waals surface area contributed by atoms with Crippen molar-refractivity contribution in [1.29, 1.82) is 0 Å². The second kappa shape index (κ2) is 9.97. The number of rotatable bonds is 5. The van der Waals surface area contributed by atoms with E-state index < -0.39 is 23.4 Å². The Morgan fingerprint density at radius 3 is 2.20 bits per heavy atom. The van der Waals surface area contributed by atoms with E-state index >= 15 is 0 Å². The minimum atomic E-state index is -1.58. The highest BCUT2D eigenvalue weighted by Gasteiger charge is 2.24. The molecule has 1 heterocycles. The van der Waals surface area contributed by atoms with Crippen molar-refractivity contribution in [2.45, 2.75) is 44.7 Å². The second-order valence-corrected chi connectivity index (χ2v) is 7.51. The van der Waals surface area contributed by atoms with Crippen LogP contribution >= 0.6 is 12.4 Å². The first kappa shape index (κ1) is 23.7. The van der Waals surface area contributed by atoms with E-state index in [1.165, 1.54) is 0 Å². The molecule has 2 aromatic rings. The molecule has 0 aliphatic heterocycles. The van der Waals surface area contributed by atoms with Gasteiger partial charge in [-0.2, -0.15) is 4.98 Å². The lowest BCUT2D eigenvalue weighted by Crippen LogP contribution is -2.40. The molecule has 1 aliphatic rings. The molecule has 30 heavy (non-hydrogen) atoms. The van der Waals surface area contributed by atoms with Crippen LogP contribution in [0.5, 0.6) is 0 Å². The van der Waals surface area contributed by atoms with Crippen molar-refractivity contribution in [2.24, 2.45) is 0 Å². The predicted molar refractivity (Wildman–Crippen MR) is 112 cm³/mol. The van der Waals surface area contributed by atoms with Gasteiger partial charge in [-0.15, -0.1) is 12.4 Å². The molecule has 0 spiro atoms. The van der Waals surface area contributed by atoms with Crippen LogP contribution in [0.3, 0.4) is 0 Å². The fraction of sp³-hybridized carbons (Fsp3) is 0.450. The average molecular weight is 444 g/mol. The van der Waals surface area contributed by atoms with Gasteiger partial charge in [0.2, 0.25) is 5.95 Å². The Labute approximate surface area is 179 Å². The number of nitrogens with zero attached hydrogens (tertiary/aromatic N) is 3. The highest BCUT2D eigenvalue weighted by atomic mass is 35.5. The van der Waals surface area contributed by atoms with Crippen LogP contribution in [0, 0.1) is 24.4 Å². The molecule has 1 aliphatic carbocycles. The smallest absolute Gasteiger partial charge is 0.251 e. The summed E-state index contributed by atoms with van der Waals surface area (Å²) in [6.07, 6.45) is 4.73. The molecule has 6 nitrogen and oxygen atoms in total. The molecule has 0 saturated heterocycles. The number of hydrogen-bond acceptors (Lipinski definition) is 5. The van der Waals surface area contributed by atoms with Crippen molar-refractivity contribution < 1.29 is 18.0 Å². The van der Waals surface area contributed by atoms with Gasteiger partial charge in [-0.3, -0.25) is 4.79 Å². The van der Waals surface area contributed by atoms with E-state index in [9.17, 15) is 18.0 Å². The maximum absolute atomic E-state index is 13.3. The zero-order valence-electron chi connectivity index (χ0n) is 17.0. The Bertz CT molecular complexity index is 881. The summed E-state index contributed by atoms with van der Waals surface area (Å²) in [5, 5.41) is 6.09. The Morgan fingerprint density at radius 2 is 1.63 bits per heavy atom. The summed E-state index contributed by atoms with van der Waals surface area (Å²) in [5.41, 5.74) is 0.756. The summed E-state index contributed by atoms with van der Waals surface area (Å²) >= 11 is 0.